The number of carbonyl (C=O) groups is 3. The molecule has 8 heteroatoms. The third kappa shape index (κ3) is 3.07. The molecule has 0 N–H and O–H groups in total. The van der Waals surface area contributed by atoms with Crippen molar-refractivity contribution in [1.82, 2.24) is 0 Å². The molecule has 2 bridgehead atoms. The molecule has 2 heterocycles. The fourth-order valence-corrected chi connectivity index (χ4v) is 2.31. The average molecular weight is 288 g/mol. The summed E-state index contributed by atoms with van der Waals surface area (Å²) in [5.41, 5.74) is 0. The summed E-state index contributed by atoms with van der Waals surface area (Å²) in [7, 11) is 0. The molecule has 0 aromatic heterocycles. The molecular weight excluding hydrogens is 272 g/mol. The second-order valence-electron chi connectivity index (χ2n) is 4.60. The minimum atomic E-state index is -0.973. The maximum Gasteiger partial charge on any atom is 0.303 e. The Morgan fingerprint density at radius 2 is 1.35 bits per heavy atom. The molecule has 0 saturated carbocycles. The number of carbonyl (C=O) groups excluding carboxylic acids is 3. The van der Waals surface area contributed by atoms with Crippen LogP contribution in [0.25, 0.3) is 0 Å². The fourth-order valence-electron chi connectivity index (χ4n) is 2.31. The van der Waals surface area contributed by atoms with Gasteiger partial charge in [-0.2, -0.15) is 0 Å². The summed E-state index contributed by atoms with van der Waals surface area (Å²) < 4.78 is 26.2. The first-order valence-corrected chi connectivity index (χ1v) is 6.17. The van der Waals surface area contributed by atoms with E-state index in [1.54, 1.807) is 0 Å². The van der Waals surface area contributed by atoms with E-state index in [0.29, 0.717) is 0 Å². The van der Waals surface area contributed by atoms with Crippen molar-refractivity contribution in [3.05, 3.63) is 0 Å². The monoisotopic (exact) mass is 288 g/mol. The van der Waals surface area contributed by atoms with Gasteiger partial charge in [0.2, 0.25) is 0 Å². The van der Waals surface area contributed by atoms with Crippen molar-refractivity contribution in [1.29, 1.82) is 0 Å². The quantitative estimate of drug-likeness (QED) is 0.508. The molecule has 0 radical (unpaired) electrons. The summed E-state index contributed by atoms with van der Waals surface area (Å²) in [6, 6.07) is 0. The van der Waals surface area contributed by atoms with Crippen LogP contribution < -0.4 is 0 Å². The molecule has 112 valence electrons. The van der Waals surface area contributed by atoms with Gasteiger partial charge in [0.1, 0.15) is 6.10 Å². The predicted octanol–water partition coefficient (Wildman–Crippen LogP) is -0.463. The van der Waals surface area contributed by atoms with Crippen LogP contribution in [0.2, 0.25) is 0 Å². The van der Waals surface area contributed by atoms with Crippen molar-refractivity contribution in [3.63, 3.8) is 0 Å². The highest BCUT2D eigenvalue weighted by atomic mass is 16.8. The molecule has 5 atom stereocenters. The van der Waals surface area contributed by atoms with E-state index < -0.39 is 48.6 Å². The van der Waals surface area contributed by atoms with Crippen LogP contribution in [0.15, 0.2) is 0 Å². The first-order chi connectivity index (χ1) is 9.38. The Labute approximate surface area is 115 Å². The number of hydrogen-bond donors (Lipinski definition) is 0. The summed E-state index contributed by atoms with van der Waals surface area (Å²) in [4.78, 5) is 33.6. The normalized spacial score (nSPS) is 35.2. The zero-order valence-electron chi connectivity index (χ0n) is 11.4. The van der Waals surface area contributed by atoms with Crippen LogP contribution in [0.1, 0.15) is 20.8 Å². The van der Waals surface area contributed by atoms with Crippen LogP contribution in [-0.4, -0.2) is 55.2 Å². The predicted molar refractivity (Wildman–Crippen MR) is 61.3 cm³/mol. The second-order valence-corrected chi connectivity index (χ2v) is 4.60. The van der Waals surface area contributed by atoms with E-state index in [4.69, 9.17) is 23.7 Å². The Hall–Kier alpha value is -1.67. The Morgan fingerprint density at radius 1 is 0.850 bits per heavy atom. The van der Waals surface area contributed by atoms with E-state index >= 15 is 0 Å². The molecule has 2 aliphatic heterocycles. The third-order valence-corrected chi connectivity index (χ3v) is 2.92. The Balaban J connectivity index is 2.24. The van der Waals surface area contributed by atoms with Gasteiger partial charge in [0.15, 0.2) is 24.6 Å². The van der Waals surface area contributed by atoms with E-state index in [2.05, 4.69) is 0 Å². The lowest BCUT2D eigenvalue weighted by molar-refractivity contribution is -0.250. The molecule has 2 rings (SSSR count). The number of esters is 3. The molecule has 0 unspecified atom stereocenters. The summed E-state index contributed by atoms with van der Waals surface area (Å²) in [5.74, 6) is -1.71. The maximum atomic E-state index is 11.2. The van der Waals surface area contributed by atoms with E-state index in [1.807, 2.05) is 0 Å². The number of rotatable bonds is 3. The zero-order chi connectivity index (χ0) is 14.9. The highest BCUT2D eigenvalue weighted by molar-refractivity contribution is 5.68. The highest BCUT2D eigenvalue weighted by Crippen LogP contribution is 2.33. The molecule has 0 aromatic carbocycles. The fraction of sp³-hybridized carbons (Fsp3) is 0.750. The van der Waals surface area contributed by atoms with Crippen molar-refractivity contribution in [2.75, 3.05) is 6.61 Å². The molecule has 20 heavy (non-hydrogen) atoms. The van der Waals surface area contributed by atoms with Gasteiger partial charge in [-0.3, -0.25) is 14.4 Å². The van der Waals surface area contributed by atoms with Crippen LogP contribution in [0.4, 0.5) is 0 Å². The van der Waals surface area contributed by atoms with Gasteiger partial charge in [0.05, 0.1) is 6.61 Å². The number of ether oxygens (including phenoxy) is 5. The van der Waals surface area contributed by atoms with Gasteiger partial charge in [-0.25, -0.2) is 0 Å². The van der Waals surface area contributed by atoms with Crippen molar-refractivity contribution < 1.29 is 38.1 Å². The summed E-state index contributed by atoms with van der Waals surface area (Å²) in [6.45, 7) is 3.83. The molecule has 2 aliphatic rings. The molecule has 0 amide bonds. The lowest BCUT2D eigenvalue weighted by Crippen LogP contribution is -2.58. The van der Waals surface area contributed by atoms with Crippen molar-refractivity contribution in [2.24, 2.45) is 0 Å². The maximum absolute atomic E-state index is 11.2. The summed E-state index contributed by atoms with van der Waals surface area (Å²) >= 11 is 0. The molecule has 0 aromatic rings. The van der Waals surface area contributed by atoms with Gasteiger partial charge in [-0.1, -0.05) is 0 Å². The second kappa shape index (κ2) is 5.76. The van der Waals surface area contributed by atoms with Gasteiger partial charge < -0.3 is 23.7 Å². The van der Waals surface area contributed by atoms with Crippen LogP contribution in [0, 0.1) is 0 Å². The van der Waals surface area contributed by atoms with E-state index in [-0.39, 0.29) is 6.61 Å². The Kier molecular flexibility index (Phi) is 4.24. The first kappa shape index (κ1) is 14.7. The molecule has 0 aliphatic carbocycles. The van der Waals surface area contributed by atoms with E-state index in [9.17, 15) is 14.4 Å². The smallest absolute Gasteiger partial charge is 0.303 e. The van der Waals surface area contributed by atoms with Gasteiger partial charge in [0.25, 0.3) is 0 Å². The van der Waals surface area contributed by atoms with Crippen molar-refractivity contribution in [3.8, 4) is 0 Å². The standard InChI is InChI=1S/C12H16O8/c1-5(13)17-9-8-4-16-12(20-8)11(19-7(3)15)10(9)18-6(2)14/h8-12H,4H2,1-3H3/t8-,9+,10-,11+,12-/m0/s1. The van der Waals surface area contributed by atoms with Gasteiger partial charge in [-0.15, -0.1) is 0 Å². The molecule has 2 fully saturated rings. The van der Waals surface area contributed by atoms with Crippen LogP contribution in [0.3, 0.4) is 0 Å². The van der Waals surface area contributed by atoms with Crippen molar-refractivity contribution >= 4 is 17.9 Å². The third-order valence-electron chi connectivity index (χ3n) is 2.92. The molecule has 0 spiro atoms. The molecular formula is C12H16O8. The van der Waals surface area contributed by atoms with Crippen LogP contribution in [0.5, 0.6) is 0 Å². The topological polar surface area (TPSA) is 97.4 Å². The van der Waals surface area contributed by atoms with E-state index in [1.165, 1.54) is 20.8 Å². The zero-order valence-corrected chi connectivity index (χ0v) is 11.4. The lowest BCUT2D eigenvalue weighted by atomic mass is 10.00. The molecule has 8 nitrogen and oxygen atoms in total. The van der Waals surface area contributed by atoms with Gasteiger partial charge in [0, 0.05) is 20.8 Å². The van der Waals surface area contributed by atoms with E-state index in [0.717, 1.165) is 0 Å². The number of fused-ring (bicyclic) bond motifs is 2. The average Bonchev–Trinajstić information content (AvgIpc) is 2.74. The SMILES string of the molecule is CC(=O)O[C@@H]1[C@@H](OC(C)=O)[C@H]2OC[C@H](O2)[C@H]1OC(C)=O. The minimum absolute atomic E-state index is 0.165. The number of hydrogen-bond acceptors (Lipinski definition) is 8. The summed E-state index contributed by atoms with van der Waals surface area (Å²) in [5, 5.41) is 0. The Morgan fingerprint density at radius 3 is 1.90 bits per heavy atom. The molecule has 2 saturated heterocycles. The van der Waals surface area contributed by atoms with Gasteiger partial charge >= 0.3 is 17.9 Å². The van der Waals surface area contributed by atoms with Crippen LogP contribution >= 0.6 is 0 Å². The minimum Gasteiger partial charge on any atom is -0.456 e. The largest absolute Gasteiger partial charge is 0.456 e. The summed E-state index contributed by atoms with van der Waals surface area (Å²) in [6.07, 6.45) is -4.19. The van der Waals surface area contributed by atoms with Crippen molar-refractivity contribution in [2.45, 2.75) is 51.5 Å². The van der Waals surface area contributed by atoms with Gasteiger partial charge in [-0.05, 0) is 0 Å². The lowest BCUT2D eigenvalue weighted by Gasteiger charge is -2.38. The highest BCUT2D eigenvalue weighted by Gasteiger charge is 2.55. The van der Waals surface area contributed by atoms with Crippen LogP contribution in [-0.2, 0) is 38.1 Å². The Bertz CT molecular complexity index is 390. The first-order valence-electron chi connectivity index (χ1n) is 6.17.